The van der Waals surface area contributed by atoms with Crippen molar-refractivity contribution in [3.8, 4) is 5.75 Å². The summed E-state index contributed by atoms with van der Waals surface area (Å²) in [6, 6.07) is 13.0. The van der Waals surface area contributed by atoms with Crippen LogP contribution in [0.1, 0.15) is 15.4 Å². The van der Waals surface area contributed by atoms with Crippen LogP contribution in [0.2, 0.25) is 0 Å². The Labute approximate surface area is 154 Å². The number of rotatable bonds is 5. The summed E-state index contributed by atoms with van der Waals surface area (Å²) in [5.41, 5.74) is 1.99. The molecule has 0 saturated carbocycles. The van der Waals surface area contributed by atoms with Crippen LogP contribution in [0.15, 0.2) is 42.5 Å². The highest BCUT2D eigenvalue weighted by atomic mass is 32.1. The number of anilines is 1. The number of aromatic nitrogens is 1. The fraction of sp³-hybridized carbons (Fsp3) is 0.211. The summed E-state index contributed by atoms with van der Waals surface area (Å²) in [5, 5.41) is 0.970. The summed E-state index contributed by atoms with van der Waals surface area (Å²) in [6.07, 6.45) is 0. The minimum Gasteiger partial charge on any atom is -0.497 e. The smallest absolute Gasteiger partial charge is 0.300 e. The fourth-order valence-electron chi connectivity index (χ4n) is 3.05. The van der Waals surface area contributed by atoms with Crippen LogP contribution in [0.4, 0.5) is 5.69 Å². The van der Waals surface area contributed by atoms with E-state index in [-0.39, 0.29) is 0 Å². The van der Waals surface area contributed by atoms with Gasteiger partial charge in [-0.25, -0.2) is 4.98 Å². The average molecular weight is 367 g/mol. The van der Waals surface area contributed by atoms with Crippen molar-refractivity contribution in [3.63, 3.8) is 0 Å². The summed E-state index contributed by atoms with van der Waals surface area (Å²) >= 11 is 1.63. The lowest BCUT2D eigenvalue weighted by Gasteiger charge is -2.23. The van der Waals surface area contributed by atoms with Gasteiger partial charge in [-0.1, -0.05) is 12.1 Å². The Balaban J connectivity index is 1.55. The summed E-state index contributed by atoms with van der Waals surface area (Å²) in [7, 11) is 3.46. The highest BCUT2D eigenvalue weighted by Crippen LogP contribution is 2.32. The maximum absolute atomic E-state index is 12.4. The molecule has 6 nitrogen and oxygen atoms in total. The molecular formula is C19H17N3O3S. The van der Waals surface area contributed by atoms with Gasteiger partial charge in [0.1, 0.15) is 10.8 Å². The third kappa shape index (κ3) is 2.85. The van der Waals surface area contributed by atoms with E-state index in [2.05, 4.69) is 4.98 Å². The molecule has 0 radical (unpaired) electrons. The van der Waals surface area contributed by atoms with E-state index in [1.165, 1.54) is 4.90 Å². The van der Waals surface area contributed by atoms with Gasteiger partial charge >= 0.3 is 5.91 Å². The number of amides is 1. The van der Waals surface area contributed by atoms with E-state index in [0.29, 0.717) is 30.2 Å². The van der Waals surface area contributed by atoms with Crippen LogP contribution in [0.5, 0.6) is 5.75 Å². The number of nitrogens with zero attached hydrogens (tertiary/aromatic N) is 3. The quantitative estimate of drug-likeness (QED) is 0.649. The number of hydrogen-bond donors (Lipinski definition) is 0. The number of thiazole rings is 1. The van der Waals surface area contributed by atoms with Crippen LogP contribution < -0.4 is 9.64 Å². The first-order valence-electron chi connectivity index (χ1n) is 8.14. The average Bonchev–Trinajstić information content (AvgIpc) is 3.15. The van der Waals surface area contributed by atoms with Crippen LogP contribution in [0.25, 0.3) is 10.2 Å². The third-order valence-corrected chi connectivity index (χ3v) is 5.33. The van der Waals surface area contributed by atoms with Gasteiger partial charge in [-0.3, -0.25) is 19.4 Å². The largest absolute Gasteiger partial charge is 0.497 e. The van der Waals surface area contributed by atoms with Gasteiger partial charge in [0.2, 0.25) is 0 Å². The number of methoxy groups -OCH3 is 1. The summed E-state index contributed by atoms with van der Waals surface area (Å²) in [6.45, 7) is 0.900. The molecule has 0 aliphatic carbocycles. The Morgan fingerprint density at radius 2 is 2.00 bits per heavy atom. The van der Waals surface area contributed by atoms with Gasteiger partial charge in [0.05, 0.1) is 41.8 Å². The number of fused-ring (bicyclic) bond motifs is 2. The van der Waals surface area contributed by atoms with Crippen molar-refractivity contribution in [1.82, 2.24) is 9.88 Å². The van der Waals surface area contributed by atoms with Gasteiger partial charge < -0.3 is 4.74 Å². The number of carbonyl (C=O) groups is 2. The molecule has 7 heteroatoms. The van der Waals surface area contributed by atoms with E-state index in [0.717, 1.165) is 15.2 Å². The second kappa shape index (κ2) is 6.51. The molecule has 0 fully saturated rings. The van der Waals surface area contributed by atoms with Crippen molar-refractivity contribution >= 4 is 38.9 Å². The molecule has 2 aromatic carbocycles. The van der Waals surface area contributed by atoms with Gasteiger partial charge in [-0.15, -0.1) is 11.3 Å². The zero-order valence-corrected chi connectivity index (χ0v) is 15.2. The Bertz CT molecular complexity index is 981. The highest BCUT2D eigenvalue weighted by molar-refractivity contribution is 7.18. The molecule has 26 heavy (non-hydrogen) atoms. The first kappa shape index (κ1) is 16.7. The molecular weight excluding hydrogens is 350 g/mol. The minimum atomic E-state index is -0.510. The van der Waals surface area contributed by atoms with Gasteiger partial charge in [0.15, 0.2) is 0 Å². The van der Waals surface area contributed by atoms with Gasteiger partial charge in [-0.05, 0) is 31.3 Å². The number of ketones is 1. The molecule has 0 atom stereocenters. The fourth-order valence-corrected chi connectivity index (χ4v) is 4.10. The molecule has 0 bridgehead atoms. The maximum Gasteiger partial charge on any atom is 0.300 e. The molecule has 1 aliphatic heterocycles. The monoisotopic (exact) mass is 367 g/mol. The van der Waals surface area contributed by atoms with E-state index in [1.54, 1.807) is 36.6 Å². The van der Waals surface area contributed by atoms with Crippen molar-refractivity contribution in [3.05, 3.63) is 53.0 Å². The standard InChI is InChI=1S/C19H17N3O3S/c1-21(10-17-20-14-5-3-4-6-16(14)26-17)11-22-15-9-12(25-2)7-8-13(15)18(23)19(22)24/h3-9H,10-11H2,1-2H3. The predicted molar refractivity (Wildman–Crippen MR) is 101 cm³/mol. The van der Waals surface area contributed by atoms with Crippen LogP contribution in [-0.4, -0.2) is 42.4 Å². The predicted octanol–water partition coefficient (Wildman–Crippen LogP) is 2.92. The van der Waals surface area contributed by atoms with Crippen LogP contribution in [-0.2, 0) is 11.3 Å². The molecule has 1 amide bonds. The molecule has 0 unspecified atom stereocenters. The lowest BCUT2D eigenvalue weighted by molar-refractivity contribution is -0.114. The summed E-state index contributed by atoms with van der Waals surface area (Å²) < 4.78 is 6.36. The number of Topliss-reactive ketones (excluding diaryl/α,β-unsaturated/α-hetero) is 1. The number of para-hydroxylation sites is 1. The molecule has 0 saturated heterocycles. The molecule has 0 N–H and O–H groups in total. The van der Waals surface area contributed by atoms with Crippen molar-refractivity contribution < 1.29 is 14.3 Å². The van der Waals surface area contributed by atoms with E-state index >= 15 is 0 Å². The zero-order chi connectivity index (χ0) is 18.3. The summed E-state index contributed by atoms with van der Waals surface area (Å²) in [5.74, 6) is -0.370. The second-order valence-corrected chi connectivity index (χ2v) is 7.29. The Kier molecular flexibility index (Phi) is 4.18. The van der Waals surface area contributed by atoms with Crippen LogP contribution in [0.3, 0.4) is 0 Å². The van der Waals surface area contributed by atoms with Crippen molar-refractivity contribution in [2.24, 2.45) is 0 Å². The first-order chi connectivity index (χ1) is 12.6. The van der Waals surface area contributed by atoms with Crippen LogP contribution >= 0.6 is 11.3 Å². The Hall–Kier alpha value is -2.77. The van der Waals surface area contributed by atoms with E-state index in [1.807, 2.05) is 36.2 Å². The summed E-state index contributed by atoms with van der Waals surface area (Å²) in [4.78, 5) is 32.7. The van der Waals surface area contributed by atoms with Crippen molar-refractivity contribution in [2.75, 3.05) is 25.7 Å². The van der Waals surface area contributed by atoms with Crippen molar-refractivity contribution in [2.45, 2.75) is 6.54 Å². The van der Waals surface area contributed by atoms with Gasteiger partial charge in [0.25, 0.3) is 5.78 Å². The maximum atomic E-state index is 12.4. The van der Waals surface area contributed by atoms with E-state index < -0.39 is 11.7 Å². The second-order valence-electron chi connectivity index (χ2n) is 6.18. The normalized spacial score (nSPS) is 13.7. The first-order valence-corrected chi connectivity index (χ1v) is 8.95. The molecule has 3 aromatic rings. The topological polar surface area (TPSA) is 62.7 Å². The molecule has 0 spiro atoms. The van der Waals surface area contributed by atoms with E-state index in [4.69, 9.17) is 4.74 Å². The zero-order valence-electron chi connectivity index (χ0n) is 14.4. The number of ether oxygens (including phenoxy) is 1. The van der Waals surface area contributed by atoms with Crippen LogP contribution in [0, 0.1) is 0 Å². The van der Waals surface area contributed by atoms with E-state index in [9.17, 15) is 9.59 Å². The Morgan fingerprint density at radius 1 is 1.19 bits per heavy atom. The molecule has 1 aromatic heterocycles. The van der Waals surface area contributed by atoms with Gasteiger partial charge in [-0.2, -0.15) is 0 Å². The molecule has 132 valence electrons. The van der Waals surface area contributed by atoms with Gasteiger partial charge in [0, 0.05) is 6.07 Å². The number of hydrogen-bond acceptors (Lipinski definition) is 6. The lowest BCUT2D eigenvalue weighted by atomic mass is 10.1. The highest BCUT2D eigenvalue weighted by Gasteiger charge is 2.36. The SMILES string of the molecule is COc1ccc2c(c1)N(CN(C)Cc1nc3ccccc3s1)C(=O)C2=O. The number of carbonyl (C=O) groups excluding carboxylic acids is 2. The minimum absolute atomic E-state index is 0.306. The molecule has 2 heterocycles. The Morgan fingerprint density at radius 3 is 2.77 bits per heavy atom. The van der Waals surface area contributed by atoms with Crippen molar-refractivity contribution in [1.29, 1.82) is 0 Å². The number of benzene rings is 2. The third-order valence-electron chi connectivity index (χ3n) is 4.31. The molecule has 4 rings (SSSR count). The lowest BCUT2D eigenvalue weighted by Crippen LogP contribution is -2.38. The molecule has 1 aliphatic rings.